The first-order chi connectivity index (χ1) is 16.3. The number of aromatic amines is 1. The van der Waals surface area contributed by atoms with E-state index in [1.54, 1.807) is 7.11 Å². The van der Waals surface area contributed by atoms with Crippen molar-refractivity contribution < 1.29 is 29.0 Å². The van der Waals surface area contributed by atoms with E-state index in [2.05, 4.69) is 25.7 Å². The molecule has 0 radical (unpaired) electrons. The maximum Gasteiger partial charge on any atom is 0.290 e. The molecule has 184 valence electrons. The lowest BCUT2D eigenvalue weighted by Crippen LogP contribution is -2.33. The Kier molecular flexibility index (Phi) is 8.10. The molecule has 1 unspecified atom stereocenters. The number of rotatable bonds is 6. The molecular formula is C21H29N7O6. The Bertz CT molecular complexity index is 1050. The molecule has 2 aliphatic rings. The fraction of sp³-hybridized carbons (Fsp3) is 0.571. The number of Topliss-reactive ketones (excluding diaryl/α,β-unsaturated/α-hetero) is 1. The number of amides is 2. The van der Waals surface area contributed by atoms with E-state index in [0.717, 1.165) is 25.1 Å². The molecule has 1 fully saturated rings. The molecule has 13 nitrogen and oxygen atoms in total. The second-order valence-electron chi connectivity index (χ2n) is 8.40. The van der Waals surface area contributed by atoms with Gasteiger partial charge in [-0.1, -0.05) is 0 Å². The maximum atomic E-state index is 12.9. The van der Waals surface area contributed by atoms with Crippen molar-refractivity contribution in [1.29, 1.82) is 0 Å². The fourth-order valence-corrected chi connectivity index (χ4v) is 4.42. The predicted octanol–water partition coefficient (Wildman–Crippen LogP) is 0.150. The Morgan fingerprint density at radius 3 is 2.68 bits per heavy atom. The van der Waals surface area contributed by atoms with Crippen molar-refractivity contribution >= 4 is 24.1 Å². The van der Waals surface area contributed by atoms with Gasteiger partial charge in [-0.2, -0.15) is 5.10 Å². The smallest absolute Gasteiger partial charge is 0.290 e. The monoisotopic (exact) mass is 475 g/mol. The highest BCUT2D eigenvalue weighted by Gasteiger charge is 2.42. The third-order valence-electron chi connectivity index (χ3n) is 6.26. The summed E-state index contributed by atoms with van der Waals surface area (Å²) in [5, 5.41) is 24.6. The van der Waals surface area contributed by atoms with E-state index in [4.69, 9.17) is 14.6 Å². The molecule has 1 saturated heterocycles. The second kappa shape index (κ2) is 11.0. The molecule has 0 saturated carbocycles. The lowest BCUT2D eigenvalue weighted by atomic mass is 9.80. The van der Waals surface area contributed by atoms with Crippen LogP contribution in [0, 0.1) is 5.41 Å². The first kappa shape index (κ1) is 25.0. The highest BCUT2D eigenvalue weighted by Crippen LogP contribution is 2.41. The first-order valence-corrected chi connectivity index (χ1v) is 11.0. The van der Waals surface area contributed by atoms with E-state index in [9.17, 15) is 14.4 Å². The van der Waals surface area contributed by atoms with Crippen LogP contribution in [0.5, 0.6) is 0 Å². The SMILES string of the molecule is COCCNC(=O)c1nnc2n1CCC1(CC2)CCN(C(=O)c2cc(C(C)=O)n[nH]2)C1.O=CO. The number of ether oxygens (including phenoxy) is 1. The normalized spacial score (nSPS) is 19.1. The van der Waals surface area contributed by atoms with Crippen molar-refractivity contribution in [3.8, 4) is 0 Å². The van der Waals surface area contributed by atoms with E-state index >= 15 is 0 Å². The highest BCUT2D eigenvalue weighted by atomic mass is 16.5. The number of aromatic nitrogens is 5. The fourth-order valence-electron chi connectivity index (χ4n) is 4.42. The molecule has 4 rings (SSSR count). The number of carbonyl (C=O) groups excluding carboxylic acids is 3. The number of aryl methyl sites for hydroxylation is 1. The van der Waals surface area contributed by atoms with Gasteiger partial charge < -0.3 is 24.6 Å². The summed E-state index contributed by atoms with van der Waals surface area (Å²) in [7, 11) is 1.58. The Hall–Kier alpha value is -3.61. The van der Waals surface area contributed by atoms with E-state index in [1.165, 1.54) is 13.0 Å². The number of hydrogen-bond donors (Lipinski definition) is 3. The number of carboxylic acid groups (broad SMARTS) is 1. The summed E-state index contributed by atoms with van der Waals surface area (Å²) in [4.78, 5) is 47.0. The minimum atomic E-state index is -0.254. The van der Waals surface area contributed by atoms with Crippen molar-refractivity contribution in [3.05, 3.63) is 29.1 Å². The second-order valence-corrected chi connectivity index (χ2v) is 8.40. The van der Waals surface area contributed by atoms with Gasteiger partial charge in [0.2, 0.25) is 5.82 Å². The molecule has 34 heavy (non-hydrogen) atoms. The molecule has 2 amide bonds. The van der Waals surface area contributed by atoms with Crippen molar-refractivity contribution in [3.63, 3.8) is 0 Å². The number of likely N-dealkylation sites (tertiary alicyclic amines) is 1. The molecular weight excluding hydrogens is 446 g/mol. The third kappa shape index (κ3) is 5.47. The van der Waals surface area contributed by atoms with Crippen molar-refractivity contribution in [2.24, 2.45) is 5.41 Å². The Morgan fingerprint density at radius 1 is 1.26 bits per heavy atom. The Labute approximate surface area is 195 Å². The topological polar surface area (TPSA) is 172 Å². The van der Waals surface area contributed by atoms with Gasteiger partial charge in [-0.25, -0.2) is 0 Å². The zero-order valence-electron chi connectivity index (χ0n) is 19.2. The highest BCUT2D eigenvalue weighted by molar-refractivity contribution is 5.97. The zero-order valence-corrected chi connectivity index (χ0v) is 19.2. The number of fused-ring (bicyclic) bond motifs is 1. The van der Waals surface area contributed by atoms with Gasteiger partial charge in [0.05, 0.1) is 6.61 Å². The molecule has 1 spiro atoms. The van der Waals surface area contributed by atoms with Crippen LogP contribution in [-0.4, -0.2) is 92.4 Å². The molecule has 2 aromatic rings. The van der Waals surface area contributed by atoms with E-state index in [1.807, 2.05) is 9.47 Å². The molecule has 2 aliphatic heterocycles. The van der Waals surface area contributed by atoms with Crippen LogP contribution in [0.15, 0.2) is 6.07 Å². The molecule has 0 aromatic carbocycles. The average molecular weight is 476 g/mol. The largest absolute Gasteiger partial charge is 0.483 e. The van der Waals surface area contributed by atoms with Gasteiger partial charge in [-0.15, -0.1) is 10.2 Å². The van der Waals surface area contributed by atoms with Crippen LogP contribution in [-0.2, 0) is 22.5 Å². The van der Waals surface area contributed by atoms with Gasteiger partial charge in [-0.05, 0) is 30.7 Å². The minimum Gasteiger partial charge on any atom is -0.483 e. The summed E-state index contributed by atoms with van der Waals surface area (Å²) in [5.41, 5.74) is 0.577. The van der Waals surface area contributed by atoms with Gasteiger partial charge in [0.15, 0.2) is 5.78 Å². The lowest BCUT2D eigenvalue weighted by molar-refractivity contribution is -0.122. The van der Waals surface area contributed by atoms with Crippen molar-refractivity contribution in [2.45, 2.75) is 39.2 Å². The quantitative estimate of drug-likeness (QED) is 0.299. The molecule has 4 heterocycles. The number of carbonyl (C=O) groups is 4. The summed E-state index contributed by atoms with van der Waals surface area (Å²) in [5.74, 6) is 0.554. The lowest BCUT2D eigenvalue weighted by Gasteiger charge is -2.27. The van der Waals surface area contributed by atoms with E-state index in [-0.39, 0.29) is 35.2 Å². The summed E-state index contributed by atoms with van der Waals surface area (Å²) < 4.78 is 6.87. The van der Waals surface area contributed by atoms with Gasteiger partial charge in [0.25, 0.3) is 18.3 Å². The van der Waals surface area contributed by atoms with Crippen LogP contribution < -0.4 is 5.32 Å². The number of H-pyrrole nitrogens is 1. The number of hydrogen-bond acceptors (Lipinski definition) is 8. The molecule has 0 aliphatic carbocycles. The van der Waals surface area contributed by atoms with Crippen LogP contribution in [0.1, 0.15) is 63.6 Å². The molecule has 2 aromatic heterocycles. The first-order valence-electron chi connectivity index (χ1n) is 11.0. The van der Waals surface area contributed by atoms with Crippen LogP contribution >= 0.6 is 0 Å². The van der Waals surface area contributed by atoms with Crippen LogP contribution in [0.25, 0.3) is 0 Å². The van der Waals surface area contributed by atoms with Crippen LogP contribution in [0.3, 0.4) is 0 Å². The van der Waals surface area contributed by atoms with Gasteiger partial charge in [0, 0.05) is 46.6 Å². The van der Waals surface area contributed by atoms with E-state index in [0.29, 0.717) is 50.7 Å². The van der Waals surface area contributed by atoms with Gasteiger partial charge in [0.1, 0.15) is 17.2 Å². The number of ketones is 1. The Balaban J connectivity index is 0.00000103. The third-order valence-corrected chi connectivity index (χ3v) is 6.26. The van der Waals surface area contributed by atoms with Crippen LogP contribution in [0.4, 0.5) is 0 Å². The summed E-state index contributed by atoms with van der Waals surface area (Å²) in [6.45, 7) is 3.94. The predicted molar refractivity (Wildman–Crippen MR) is 117 cm³/mol. The molecule has 1 atom stereocenters. The molecule has 13 heteroatoms. The number of methoxy groups -OCH3 is 1. The minimum absolute atomic E-state index is 0.0242. The zero-order chi connectivity index (χ0) is 24.7. The van der Waals surface area contributed by atoms with E-state index < -0.39 is 0 Å². The van der Waals surface area contributed by atoms with Gasteiger partial charge >= 0.3 is 0 Å². The summed E-state index contributed by atoms with van der Waals surface area (Å²) >= 11 is 0. The van der Waals surface area contributed by atoms with Crippen molar-refractivity contribution in [2.75, 3.05) is 33.4 Å². The number of nitrogens with one attached hydrogen (secondary N) is 2. The summed E-state index contributed by atoms with van der Waals surface area (Å²) in [6, 6.07) is 1.51. The molecule has 0 bridgehead atoms. The Morgan fingerprint density at radius 2 is 2.00 bits per heavy atom. The number of nitrogens with zero attached hydrogens (tertiary/aromatic N) is 5. The van der Waals surface area contributed by atoms with Crippen molar-refractivity contribution in [1.82, 2.24) is 35.2 Å². The van der Waals surface area contributed by atoms with Gasteiger partial charge in [-0.3, -0.25) is 24.3 Å². The summed E-state index contributed by atoms with van der Waals surface area (Å²) in [6.07, 6.45) is 3.31. The standard InChI is InChI=1S/C20H27N7O4.CH2O2/c1-13(28)14-11-15(23-22-14)19(30)26-8-5-20(12-26)4-3-16-24-25-17(27(16)9-6-20)18(29)21-7-10-31-2;2-1-3/h11H,3-10,12H2,1-2H3,(H,21,29)(H,22,23);1H,(H,2,3). The maximum absolute atomic E-state index is 12.9. The molecule has 3 N–H and O–H groups in total. The van der Waals surface area contributed by atoms with Crippen LogP contribution in [0.2, 0.25) is 0 Å². The average Bonchev–Trinajstić information content (AvgIpc) is 3.53.